The van der Waals surface area contributed by atoms with E-state index in [1.54, 1.807) is 31.4 Å². The predicted octanol–water partition coefficient (Wildman–Crippen LogP) is 4.93. The molecule has 132 valence electrons. The molecule has 2 rings (SSSR count). The smallest absolute Gasteiger partial charge is 0.248 e. The number of benzene rings is 2. The number of carbonyl (C=O) groups excluding carboxylic acids is 1. The van der Waals surface area contributed by atoms with E-state index in [1.165, 1.54) is 18.2 Å². The number of amides is 1. The molecule has 0 saturated carbocycles. The fourth-order valence-electron chi connectivity index (χ4n) is 2.08. The highest BCUT2D eigenvalue weighted by molar-refractivity contribution is 6.30. The van der Waals surface area contributed by atoms with Crippen LogP contribution in [0.2, 0.25) is 5.02 Å². The van der Waals surface area contributed by atoms with E-state index in [9.17, 15) is 9.18 Å². The third-order valence-corrected chi connectivity index (χ3v) is 3.40. The first-order valence-corrected chi connectivity index (χ1v) is 8.05. The standard InChI is InChI=1S/C19H19ClFNO3/c1-12(2)25-17-8-4-13(10-18(17)24-3)5-9-19(23)22-16-7-6-14(20)11-15(16)21/h4-12H,1-3H3,(H,22,23)/b9-5+. The van der Waals surface area contributed by atoms with Gasteiger partial charge in [0.05, 0.1) is 18.9 Å². The van der Waals surface area contributed by atoms with E-state index < -0.39 is 11.7 Å². The fraction of sp³-hybridized carbons (Fsp3) is 0.211. The molecule has 2 aromatic rings. The molecule has 0 heterocycles. The zero-order valence-electron chi connectivity index (χ0n) is 14.2. The van der Waals surface area contributed by atoms with Crippen LogP contribution in [0.4, 0.5) is 10.1 Å². The summed E-state index contributed by atoms with van der Waals surface area (Å²) in [6.45, 7) is 3.85. The Morgan fingerprint density at radius 2 is 1.96 bits per heavy atom. The van der Waals surface area contributed by atoms with Crippen LogP contribution in [0.5, 0.6) is 11.5 Å². The first-order valence-electron chi connectivity index (χ1n) is 7.68. The molecular formula is C19H19ClFNO3. The number of anilines is 1. The topological polar surface area (TPSA) is 47.6 Å². The number of hydrogen-bond donors (Lipinski definition) is 1. The lowest BCUT2D eigenvalue weighted by Crippen LogP contribution is -2.09. The van der Waals surface area contributed by atoms with Gasteiger partial charge in [-0.2, -0.15) is 0 Å². The van der Waals surface area contributed by atoms with E-state index in [0.717, 1.165) is 11.6 Å². The maximum atomic E-state index is 13.7. The maximum Gasteiger partial charge on any atom is 0.248 e. The van der Waals surface area contributed by atoms with Gasteiger partial charge in [0.2, 0.25) is 5.91 Å². The van der Waals surface area contributed by atoms with Gasteiger partial charge in [-0.3, -0.25) is 4.79 Å². The minimum Gasteiger partial charge on any atom is -0.493 e. The van der Waals surface area contributed by atoms with Gasteiger partial charge in [-0.05, 0) is 55.8 Å². The van der Waals surface area contributed by atoms with E-state index in [0.29, 0.717) is 11.5 Å². The lowest BCUT2D eigenvalue weighted by atomic mass is 10.2. The third kappa shape index (κ3) is 5.50. The van der Waals surface area contributed by atoms with Crippen LogP contribution in [0, 0.1) is 5.82 Å². The van der Waals surface area contributed by atoms with Gasteiger partial charge in [-0.15, -0.1) is 0 Å². The monoisotopic (exact) mass is 363 g/mol. The fourth-order valence-corrected chi connectivity index (χ4v) is 2.24. The van der Waals surface area contributed by atoms with Gasteiger partial charge in [0.25, 0.3) is 0 Å². The highest BCUT2D eigenvalue weighted by atomic mass is 35.5. The Morgan fingerprint density at radius 3 is 2.60 bits per heavy atom. The predicted molar refractivity (Wildman–Crippen MR) is 97.8 cm³/mol. The minimum atomic E-state index is -0.592. The average Bonchev–Trinajstić information content (AvgIpc) is 2.56. The number of hydrogen-bond acceptors (Lipinski definition) is 3. The Bertz CT molecular complexity index is 790. The summed E-state index contributed by atoms with van der Waals surface area (Å²) in [5.74, 6) is 0.149. The van der Waals surface area contributed by atoms with Crippen molar-refractivity contribution in [2.75, 3.05) is 12.4 Å². The summed E-state index contributed by atoms with van der Waals surface area (Å²) in [5, 5.41) is 2.72. The molecule has 0 spiro atoms. The average molecular weight is 364 g/mol. The molecule has 1 N–H and O–H groups in total. The highest BCUT2D eigenvalue weighted by Crippen LogP contribution is 2.29. The van der Waals surface area contributed by atoms with Crippen molar-refractivity contribution < 1.29 is 18.7 Å². The number of rotatable bonds is 6. The molecule has 0 saturated heterocycles. The molecule has 0 atom stereocenters. The highest BCUT2D eigenvalue weighted by Gasteiger charge is 2.08. The van der Waals surface area contributed by atoms with Gasteiger partial charge in [0.1, 0.15) is 5.82 Å². The molecule has 0 radical (unpaired) electrons. The molecule has 2 aromatic carbocycles. The molecule has 0 fully saturated rings. The summed E-state index contributed by atoms with van der Waals surface area (Å²) in [7, 11) is 1.55. The van der Waals surface area contributed by atoms with Crippen molar-refractivity contribution in [2.45, 2.75) is 20.0 Å². The Hall–Kier alpha value is -2.53. The van der Waals surface area contributed by atoms with Crippen LogP contribution in [0.3, 0.4) is 0 Å². The second kappa shape index (κ2) is 8.53. The minimum absolute atomic E-state index is 0.0235. The molecule has 0 bridgehead atoms. The second-order valence-electron chi connectivity index (χ2n) is 5.52. The first kappa shape index (κ1) is 18.8. The Morgan fingerprint density at radius 1 is 1.20 bits per heavy atom. The first-order chi connectivity index (χ1) is 11.9. The van der Waals surface area contributed by atoms with Gasteiger partial charge >= 0.3 is 0 Å². The molecule has 0 aliphatic carbocycles. The summed E-state index contributed by atoms with van der Waals surface area (Å²) in [6.07, 6.45) is 2.94. The number of halogens is 2. The number of methoxy groups -OCH3 is 1. The molecule has 0 aromatic heterocycles. The molecule has 6 heteroatoms. The Labute approximate surface area is 151 Å². The van der Waals surface area contributed by atoms with Crippen LogP contribution in [-0.4, -0.2) is 19.1 Å². The normalized spacial score (nSPS) is 11.0. The molecular weight excluding hydrogens is 345 g/mol. The van der Waals surface area contributed by atoms with E-state index in [2.05, 4.69) is 5.32 Å². The van der Waals surface area contributed by atoms with Crippen molar-refractivity contribution in [1.82, 2.24) is 0 Å². The SMILES string of the molecule is COc1cc(/C=C/C(=O)Nc2ccc(Cl)cc2F)ccc1OC(C)C. The Balaban J connectivity index is 2.08. The lowest BCUT2D eigenvalue weighted by molar-refractivity contribution is -0.111. The summed E-state index contributed by atoms with van der Waals surface area (Å²) in [5.41, 5.74) is 0.817. The second-order valence-corrected chi connectivity index (χ2v) is 5.96. The molecule has 0 aliphatic heterocycles. The van der Waals surface area contributed by atoms with Crippen molar-refractivity contribution in [3.8, 4) is 11.5 Å². The number of nitrogens with one attached hydrogen (secondary N) is 1. The van der Waals surface area contributed by atoms with Crippen LogP contribution in [-0.2, 0) is 4.79 Å². The lowest BCUT2D eigenvalue weighted by Gasteiger charge is -2.13. The zero-order valence-corrected chi connectivity index (χ0v) is 14.9. The zero-order chi connectivity index (χ0) is 18.4. The molecule has 4 nitrogen and oxygen atoms in total. The molecule has 0 unspecified atom stereocenters. The van der Waals surface area contributed by atoms with Crippen LogP contribution in [0.25, 0.3) is 6.08 Å². The van der Waals surface area contributed by atoms with Crippen LogP contribution in [0.15, 0.2) is 42.5 Å². The summed E-state index contributed by atoms with van der Waals surface area (Å²) in [6, 6.07) is 9.37. The number of carbonyl (C=O) groups is 1. The summed E-state index contributed by atoms with van der Waals surface area (Å²) < 4.78 is 24.6. The van der Waals surface area contributed by atoms with Gasteiger partial charge < -0.3 is 14.8 Å². The Kier molecular flexibility index (Phi) is 6.42. The van der Waals surface area contributed by atoms with Crippen molar-refractivity contribution >= 4 is 29.3 Å². The molecule has 25 heavy (non-hydrogen) atoms. The molecule has 0 aliphatic rings. The van der Waals surface area contributed by atoms with Gasteiger partial charge in [-0.1, -0.05) is 17.7 Å². The summed E-state index contributed by atoms with van der Waals surface area (Å²) >= 11 is 5.68. The van der Waals surface area contributed by atoms with Crippen molar-refractivity contribution in [1.29, 1.82) is 0 Å². The summed E-state index contributed by atoms with van der Waals surface area (Å²) in [4.78, 5) is 11.9. The maximum absolute atomic E-state index is 13.7. The van der Waals surface area contributed by atoms with E-state index in [4.69, 9.17) is 21.1 Å². The number of ether oxygens (including phenoxy) is 2. The van der Waals surface area contributed by atoms with Crippen LogP contribution >= 0.6 is 11.6 Å². The van der Waals surface area contributed by atoms with E-state index >= 15 is 0 Å². The van der Waals surface area contributed by atoms with Crippen LogP contribution in [0.1, 0.15) is 19.4 Å². The largest absolute Gasteiger partial charge is 0.493 e. The van der Waals surface area contributed by atoms with E-state index in [-0.39, 0.29) is 16.8 Å². The van der Waals surface area contributed by atoms with Gasteiger partial charge in [-0.25, -0.2) is 4.39 Å². The quantitative estimate of drug-likeness (QED) is 0.740. The van der Waals surface area contributed by atoms with Gasteiger partial charge in [0, 0.05) is 11.1 Å². The van der Waals surface area contributed by atoms with E-state index in [1.807, 2.05) is 13.8 Å². The van der Waals surface area contributed by atoms with Crippen molar-refractivity contribution in [3.63, 3.8) is 0 Å². The van der Waals surface area contributed by atoms with Crippen molar-refractivity contribution in [3.05, 3.63) is 58.9 Å². The third-order valence-electron chi connectivity index (χ3n) is 3.17. The van der Waals surface area contributed by atoms with Gasteiger partial charge in [0.15, 0.2) is 11.5 Å². The van der Waals surface area contributed by atoms with Crippen molar-refractivity contribution in [2.24, 2.45) is 0 Å². The molecule has 1 amide bonds. The van der Waals surface area contributed by atoms with Crippen LogP contribution < -0.4 is 14.8 Å².